The Labute approximate surface area is 148 Å². The van der Waals surface area contributed by atoms with Crippen LogP contribution < -0.4 is 10.9 Å². The van der Waals surface area contributed by atoms with Crippen LogP contribution in [0.3, 0.4) is 0 Å². The summed E-state index contributed by atoms with van der Waals surface area (Å²) in [5.41, 5.74) is 0.737. The quantitative estimate of drug-likeness (QED) is 0.786. The van der Waals surface area contributed by atoms with Crippen LogP contribution in [0.1, 0.15) is 22.3 Å². The minimum Gasteiger partial charge on any atom is -0.350 e. The molecule has 2 N–H and O–H groups in total. The van der Waals surface area contributed by atoms with Crippen LogP contribution in [0, 0.1) is 0 Å². The third-order valence-electron chi connectivity index (χ3n) is 4.23. The van der Waals surface area contributed by atoms with Gasteiger partial charge in [0.05, 0.1) is 37.0 Å². The molecule has 2 atom stereocenters. The first-order valence-electron chi connectivity index (χ1n) is 8.19. The summed E-state index contributed by atoms with van der Waals surface area (Å²) >= 11 is 0. The van der Waals surface area contributed by atoms with Crippen LogP contribution in [-0.4, -0.2) is 57.2 Å². The normalized spacial score (nSPS) is 19.3. The molecular formula is C17H18FN5O3. The second-order valence-electron chi connectivity index (χ2n) is 6.11. The summed E-state index contributed by atoms with van der Waals surface area (Å²) in [6, 6.07) is 4.01. The summed E-state index contributed by atoms with van der Waals surface area (Å²) in [6.45, 7) is 0.151. The lowest BCUT2D eigenvalue weighted by Crippen LogP contribution is -2.43. The summed E-state index contributed by atoms with van der Waals surface area (Å²) in [6.07, 6.45) is 3.31. The van der Waals surface area contributed by atoms with E-state index in [9.17, 15) is 18.8 Å². The second-order valence-corrected chi connectivity index (χ2v) is 6.11. The van der Waals surface area contributed by atoms with Gasteiger partial charge in [-0.15, -0.1) is 0 Å². The number of H-pyrrole nitrogens is 1. The van der Waals surface area contributed by atoms with Crippen molar-refractivity contribution in [2.24, 2.45) is 0 Å². The number of carbonyl (C=O) groups is 2. The highest BCUT2D eigenvalue weighted by atomic mass is 19.1. The van der Waals surface area contributed by atoms with Gasteiger partial charge in [-0.05, 0) is 11.6 Å². The number of aromatic nitrogens is 3. The highest BCUT2D eigenvalue weighted by Gasteiger charge is 2.35. The monoisotopic (exact) mass is 359 g/mol. The maximum atomic E-state index is 13.9. The Bertz CT molecular complexity index is 821. The molecule has 0 saturated carbocycles. The molecule has 136 valence electrons. The second kappa shape index (κ2) is 7.85. The molecule has 0 spiro atoms. The van der Waals surface area contributed by atoms with Crippen molar-refractivity contribution >= 4 is 11.8 Å². The number of halogens is 1. The lowest BCUT2D eigenvalue weighted by atomic mass is 10.1. The summed E-state index contributed by atoms with van der Waals surface area (Å²) in [5, 5.41) is 9.94. The Hall–Kier alpha value is -3.10. The largest absolute Gasteiger partial charge is 0.350 e. The summed E-state index contributed by atoms with van der Waals surface area (Å²) < 4.78 is 13.9. The number of hydrogen-bond acceptors (Lipinski definition) is 5. The zero-order chi connectivity index (χ0) is 18.5. The first-order valence-corrected chi connectivity index (χ1v) is 8.19. The van der Waals surface area contributed by atoms with Gasteiger partial charge in [0.25, 0.3) is 5.91 Å². The molecule has 1 aliphatic rings. The lowest BCUT2D eigenvalue weighted by Gasteiger charge is -2.24. The molecule has 0 bridgehead atoms. The van der Waals surface area contributed by atoms with Crippen molar-refractivity contribution in [2.75, 3.05) is 13.1 Å². The zero-order valence-electron chi connectivity index (χ0n) is 13.9. The maximum Gasteiger partial charge on any atom is 0.253 e. The van der Waals surface area contributed by atoms with Crippen molar-refractivity contribution in [1.82, 2.24) is 25.4 Å². The van der Waals surface area contributed by atoms with Crippen LogP contribution in [-0.2, 0) is 11.2 Å². The van der Waals surface area contributed by atoms with Crippen molar-refractivity contribution in [3.05, 3.63) is 58.3 Å². The van der Waals surface area contributed by atoms with Gasteiger partial charge in [0, 0.05) is 25.2 Å². The lowest BCUT2D eigenvalue weighted by molar-refractivity contribution is -0.131. The standard InChI is InChI=1S/C17H18FN5O3/c18-13-6-14(9-20-17(26)12-3-4-21-22-8-12)23(10-13)16(25)5-11-1-2-15(24)19-7-11/h1-4,7-8,13-14H,5-6,9-10H2,(H,19,24)(H,20,26)/t13-,14-/m0/s1. The molecule has 9 heteroatoms. The third-order valence-corrected chi connectivity index (χ3v) is 4.23. The highest BCUT2D eigenvalue weighted by Crippen LogP contribution is 2.21. The fourth-order valence-corrected chi connectivity index (χ4v) is 2.92. The molecule has 1 fully saturated rings. The average molecular weight is 359 g/mol. The first-order chi connectivity index (χ1) is 12.5. The van der Waals surface area contributed by atoms with E-state index in [1.807, 2.05) is 0 Å². The van der Waals surface area contributed by atoms with Gasteiger partial charge in [0.2, 0.25) is 11.5 Å². The zero-order valence-corrected chi connectivity index (χ0v) is 13.9. The van der Waals surface area contributed by atoms with Crippen LogP contribution in [0.15, 0.2) is 41.6 Å². The number of likely N-dealkylation sites (tertiary alicyclic amines) is 1. The van der Waals surface area contributed by atoms with E-state index < -0.39 is 12.2 Å². The van der Waals surface area contributed by atoms with Crippen LogP contribution in [0.5, 0.6) is 0 Å². The van der Waals surface area contributed by atoms with E-state index in [0.717, 1.165) is 0 Å². The van der Waals surface area contributed by atoms with E-state index in [0.29, 0.717) is 11.1 Å². The fraction of sp³-hybridized carbons (Fsp3) is 0.353. The molecule has 2 aromatic heterocycles. The van der Waals surface area contributed by atoms with Gasteiger partial charge in [-0.25, -0.2) is 4.39 Å². The molecule has 0 unspecified atom stereocenters. The van der Waals surface area contributed by atoms with Gasteiger partial charge in [0.1, 0.15) is 6.17 Å². The average Bonchev–Trinajstić information content (AvgIpc) is 3.03. The van der Waals surface area contributed by atoms with E-state index in [1.54, 1.807) is 6.07 Å². The van der Waals surface area contributed by atoms with E-state index >= 15 is 0 Å². The molecule has 1 saturated heterocycles. The maximum absolute atomic E-state index is 13.9. The Morgan fingerprint density at radius 3 is 2.85 bits per heavy atom. The molecule has 0 aromatic carbocycles. The van der Waals surface area contributed by atoms with Gasteiger partial charge in [-0.1, -0.05) is 6.07 Å². The predicted molar refractivity (Wildman–Crippen MR) is 90.1 cm³/mol. The van der Waals surface area contributed by atoms with Crippen molar-refractivity contribution in [3.63, 3.8) is 0 Å². The Kier molecular flexibility index (Phi) is 5.35. The Balaban J connectivity index is 1.60. The van der Waals surface area contributed by atoms with E-state index in [4.69, 9.17) is 0 Å². The Morgan fingerprint density at radius 2 is 2.15 bits per heavy atom. The van der Waals surface area contributed by atoms with Crippen molar-refractivity contribution in [3.8, 4) is 0 Å². The van der Waals surface area contributed by atoms with Crippen molar-refractivity contribution in [2.45, 2.75) is 25.1 Å². The van der Waals surface area contributed by atoms with Crippen LogP contribution in [0.2, 0.25) is 0 Å². The number of nitrogens with zero attached hydrogens (tertiary/aromatic N) is 3. The van der Waals surface area contributed by atoms with Gasteiger partial charge in [0.15, 0.2) is 0 Å². The predicted octanol–water partition coefficient (Wildman–Crippen LogP) is 0.0764. The molecule has 3 rings (SSSR count). The van der Waals surface area contributed by atoms with Gasteiger partial charge < -0.3 is 15.2 Å². The van der Waals surface area contributed by atoms with E-state index in [2.05, 4.69) is 20.5 Å². The minimum absolute atomic E-state index is 0.000460. The highest BCUT2D eigenvalue weighted by molar-refractivity contribution is 5.93. The molecule has 0 aliphatic carbocycles. The topological polar surface area (TPSA) is 108 Å². The minimum atomic E-state index is -1.13. The van der Waals surface area contributed by atoms with Crippen molar-refractivity contribution in [1.29, 1.82) is 0 Å². The first kappa shape index (κ1) is 17.7. The van der Waals surface area contributed by atoms with Crippen LogP contribution in [0.25, 0.3) is 0 Å². The summed E-state index contributed by atoms with van der Waals surface area (Å²) in [5.74, 6) is -0.600. The molecule has 8 nitrogen and oxygen atoms in total. The van der Waals surface area contributed by atoms with Crippen molar-refractivity contribution < 1.29 is 14.0 Å². The molecule has 2 aromatic rings. The summed E-state index contributed by atoms with van der Waals surface area (Å²) in [4.78, 5) is 39.6. The molecular weight excluding hydrogens is 341 g/mol. The SMILES string of the molecule is O=C(NC[C@@H]1C[C@H](F)CN1C(=O)Cc1ccc(=O)[nH]c1)c1ccnnc1. The number of pyridine rings is 1. The van der Waals surface area contributed by atoms with E-state index in [-0.39, 0.29) is 43.3 Å². The number of carbonyl (C=O) groups excluding carboxylic acids is 2. The van der Waals surface area contributed by atoms with Gasteiger partial charge >= 0.3 is 0 Å². The number of rotatable bonds is 5. The molecule has 26 heavy (non-hydrogen) atoms. The molecule has 3 heterocycles. The number of hydrogen-bond donors (Lipinski definition) is 2. The van der Waals surface area contributed by atoms with Crippen LogP contribution >= 0.6 is 0 Å². The number of aromatic amines is 1. The third kappa shape index (κ3) is 4.29. The van der Waals surface area contributed by atoms with Gasteiger partial charge in [-0.3, -0.25) is 14.4 Å². The Morgan fingerprint density at radius 1 is 1.31 bits per heavy atom. The van der Waals surface area contributed by atoms with Crippen LogP contribution in [0.4, 0.5) is 4.39 Å². The number of alkyl halides is 1. The fourth-order valence-electron chi connectivity index (χ4n) is 2.92. The number of amides is 2. The molecule has 1 aliphatic heterocycles. The molecule has 2 amide bonds. The smallest absolute Gasteiger partial charge is 0.253 e. The van der Waals surface area contributed by atoms with E-state index in [1.165, 1.54) is 35.6 Å². The molecule has 0 radical (unpaired) electrons. The number of nitrogens with one attached hydrogen (secondary N) is 2. The summed E-state index contributed by atoms with van der Waals surface area (Å²) in [7, 11) is 0. The van der Waals surface area contributed by atoms with Gasteiger partial charge in [-0.2, -0.15) is 10.2 Å².